The van der Waals surface area contributed by atoms with Crippen molar-refractivity contribution in [1.29, 1.82) is 0 Å². The van der Waals surface area contributed by atoms with Gasteiger partial charge in [0.2, 0.25) is 0 Å². The van der Waals surface area contributed by atoms with Crippen molar-refractivity contribution in [1.82, 2.24) is 4.57 Å². The lowest BCUT2D eigenvalue weighted by molar-refractivity contribution is -0.143. The number of carbonyl (C=O) groups excluding carboxylic acids is 1. The molecule has 1 aromatic carbocycles. The van der Waals surface area contributed by atoms with E-state index in [1.807, 2.05) is 70.4 Å². The van der Waals surface area contributed by atoms with Crippen LogP contribution in [-0.4, -0.2) is 35.5 Å². The van der Waals surface area contributed by atoms with E-state index in [1.165, 1.54) is 0 Å². The first kappa shape index (κ1) is 18.0. The van der Waals surface area contributed by atoms with Crippen molar-refractivity contribution in [2.24, 2.45) is 0 Å². The summed E-state index contributed by atoms with van der Waals surface area (Å²) in [5.74, 6) is -0.244. The lowest BCUT2D eigenvalue weighted by atomic mass is 9.77. The molecule has 0 bridgehead atoms. The van der Waals surface area contributed by atoms with E-state index < -0.39 is 18.3 Å². The predicted octanol–water partition coefficient (Wildman–Crippen LogP) is 2.81. The van der Waals surface area contributed by atoms with E-state index in [2.05, 4.69) is 0 Å². The molecule has 1 aromatic heterocycles. The lowest BCUT2D eigenvalue weighted by Gasteiger charge is -2.32. The Bertz CT molecular complexity index is 793. The minimum absolute atomic E-state index is 0.180. The molecule has 0 saturated carbocycles. The summed E-state index contributed by atoms with van der Waals surface area (Å²) in [5, 5.41) is 1.04. The fourth-order valence-electron chi connectivity index (χ4n) is 3.26. The number of fused-ring (bicyclic) bond motifs is 1. The highest BCUT2D eigenvalue weighted by Crippen LogP contribution is 2.37. The van der Waals surface area contributed by atoms with Gasteiger partial charge in [0, 0.05) is 16.7 Å². The van der Waals surface area contributed by atoms with Crippen molar-refractivity contribution < 1.29 is 18.8 Å². The topological polar surface area (TPSA) is 49.7 Å². The molecule has 0 N–H and O–H groups in total. The summed E-state index contributed by atoms with van der Waals surface area (Å²) < 4.78 is 19.6. The first-order valence-corrected chi connectivity index (χ1v) is 8.77. The van der Waals surface area contributed by atoms with Crippen LogP contribution in [0.15, 0.2) is 24.3 Å². The standard InChI is InChI=1S/C19H26BNO4/c1-7-23-16(22)12-21-13(2)17(14-10-8-9-11-15(14)21)20-24-18(3,4)19(5,6)25-20/h8-11H,7,12H2,1-6H3. The van der Waals surface area contributed by atoms with Crippen LogP contribution < -0.4 is 5.46 Å². The third kappa shape index (κ3) is 2.98. The van der Waals surface area contributed by atoms with E-state index in [0.29, 0.717) is 6.61 Å². The maximum Gasteiger partial charge on any atom is 0.497 e. The molecule has 1 saturated heterocycles. The molecule has 2 heterocycles. The molecule has 6 heteroatoms. The number of benzene rings is 1. The number of rotatable bonds is 4. The van der Waals surface area contributed by atoms with E-state index in [9.17, 15) is 4.79 Å². The number of nitrogens with zero attached hydrogens (tertiary/aromatic N) is 1. The molecule has 3 rings (SSSR count). The number of para-hydroxylation sites is 1. The molecule has 1 fully saturated rings. The molecule has 134 valence electrons. The van der Waals surface area contributed by atoms with Crippen LogP contribution in [0.3, 0.4) is 0 Å². The van der Waals surface area contributed by atoms with Crippen molar-refractivity contribution in [3.8, 4) is 0 Å². The Labute approximate surface area is 149 Å². The molecular weight excluding hydrogens is 317 g/mol. The van der Waals surface area contributed by atoms with Gasteiger partial charge in [-0.15, -0.1) is 0 Å². The first-order valence-electron chi connectivity index (χ1n) is 8.77. The molecule has 0 radical (unpaired) electrons. The van der Waals surface area contributed by atoms with Gasteiger partial charge >= 0.3 is 13.1 Å². The Balaban J connectivity index is 2.08. The molecule has 0 aliphatic carbocycles. The lowest BCUT2D eigenvalue weighted by Crippen LogP contribution is -2.41. The van der Waals surface area contributed by atoms with Gasteiger partial charge in [0.1, 0.15) is 6.54 Å². The number of aromatic nitrogens is 1. The molecule has 25 heavy (non-hydrogen) atoms. The van der Waals surface area contributed by atoms with Gasteiger partial charge in [-0.05, 0) is 53.0 Å². The van der Waals surface area contributed by atoms with Crippen LogP contribution in [0.25, 0.3) is 10.9 Å². The van der Waals surface area contributed by atoms with E-state index in [1.54, 1.807) is 0 Å². The van der Waals surface area contributed by atoms with Crippen LogP contribution in [0.4, 0.5) is 0 Å². The summed E-state index contributed by atoms with van der Waals surface area (Å²) in [6.45, 7) is 12.5. The van der Waals surface area contributed by atoms with Gasteiger partial charge in [-0.25, -0.2) is 0 Å². The predicted molar refractivity (Wildman–Crippen MR) is 99.0 cm³/mol. The molecule has 1 aliphatic rings. The summed E-state index contributed by atoms with van der Waals surface area (Å²) in [6, 6.07) is 8.02. The average molecular weight is 343 g/mol. The summed E-state index contributed by atoms with van der Waals surface area (Å²) in [4.78, 5) is 12.0. The number of hydrogen-bond acceptors (Lipinski definition) is 4. The summed E-state index contributed by atoms with van der Waals surface area (Å²) in [7, 11) is -0.460. The van der Waals surface area contributed by atoms with Gasteiger partial charge in [-0.2, -0.15) is 0 Å². The SMILES string of the molecule is CCOC(=O)Cn1c(C)c(B2OC(C)(C)C(C)(C)O2)c2ccccc21. The molecule has 5 nitrogen and oxygen atoms in total. The summed E-state index contributed by atoms with van der Waals surface area (Å²) >= 11 is 0. The molecular formula is C19H26BNO4. The summed E-state index contributed by atoms with van der Waals surface area (Å²) in [6.07, 6.45) is 0. The van der Waals surface area contributed by atoms with Gasteiger partial charge in [0.25, 0.3) is 0 Å². The van der Waals surface area contributed by atoms with E-state index in [0.717, 1.165) is 22.1 Å². The highest BCUT2D eigenvalue weighted by molar-refractivity contribution is 6.65. The quantitative estimate of drug-likeness (QED) is 0.633. The van der Waals surface area contributed by atoms with Gasteiger partial charge in [-0.1, -0.05) is 18.2 Å². The number of esters is 1. The van der Waals surface area contributed by atoms with E-state index in [4.69, 9.17) is 14.0 Å². The molecule has 0 atom stereocenters. The third-order valence-electron chi connectivity index (χ3n) is 5.36. The molecule has 1 aliphatic heterocycles. The Kier molecular flexibility index (Phi) is 4.46. The highest BCUT2D eigenvalue weighted by atomic mass is 16.7. The largest absolute Gasteiger partial charge is 0.497 e. The van der Waals surface area contributed by atoms with Gasteiger partial charge in [0.05, 0.1) is 17.8 Å². The van der Waals surface area contributed by atoms with Crippen LogP contribution in [0.5, 0.6) is 0 Å². The zero-order chi connectivity index (χ0) is 18.4. The Hall–Kier alpha value is -1.79. The first-order chi connectivity index (χ1) is 11.7. The van der Waals surface area contributed by atoms with E-state index in [-0.39, 0.29) is 12.5 Å². The summed E-state index contributed by atoms with van der Waals surface area (Å²) in [5.41, 5.74) is 2.12. The maximum absolute atomic E-state index is 12.0. The Morgan fingerprint density at radius 3 is 2.36 bits per heavy atom. The monoisotopic (exact) mass is 343 g/mol. The van der Waals surface area contributed by atoms with Crippen LogP contribution in [0.1, 0.15) is 40.3 Å². The minimum Gasteiger partial charge on any atom is -0.465 e. The molecule has 0 unspecified atom stereocenters. The van der Waals surface area contributed by atoms with Crippen molar-refractivity contribution in [3.05, 3.63) is 30.0 Å². The fourth-order valence-corrected chi connectivity index (χ4v) is 3.26. The zero-order valence-corrected chi connectivity index (χ0v) is 15.9. The van der Waals surface area contributed by atoms with Crippen molar-refractivity contribution in [3.63, 3.8) is 0 Å². The van der Waals surface area contributed by atoms with Crippen molar-refractivity contribution in [2.45, 2.75) is 59.3 Å². The van der Waals surface area contributed by atoms with Crippen molar-refractivity contribution >= 4 is 29.5 Å². The van der Waals surface area contributed by atoms with Gasteiger partial charge in [0.15, 0.2) is 0 Å². The van der Waals surface area contributed by atoms with Crippen LogP contribution in [-0.2, 0) is 25.4 Å². The van der Waals surface area contributed by atoms with Crippen LogP contribution in [0, 0.1) is 6.92 Å². The smallest absolute Gasteiger partial charge is 0.465 e. The second-order valence-corrected chi connectivity index (χ2v) is 7.50. The van der Waals surface area contributed by atoms with Gasteiger partial charge < -0.3 is 18.6 Å². The number of ether oxygens (including phenoxy) is 1. The highest BCUT2D eigenvalue weighted by Gasteiger charge is 2.53. The van der Waals surface area contributed by atoms with E-state index >= 15 is 0 Å². The minimum atomic E-state index is -0.460. The third-order valence-corrected chi connectivity index (χ3v) is 5.36. The zero-order valence-electron chi connectivity index (χ0n) is 15.9. The number of carbonyl (C=O) groups is 1. The Morgan fingerprint density at radius 2 is 1.76 bits per heavy atom. The maximum atomic E-state index is 12.0. The second kappa shape index (κ2) is 6.18. The normalized spacial score (nSPS) is 18.7. The molecule has 0 spiro atoms. The number of hydrogen-bond donors (Lipinski definition) is 0. The molecule has 0 amide bonds. The van der Waals surface area contributed by atoms with Crippen LogP contribution >= 0.6 is 0 Å². The Morgan fingerprint density at radius 1 is 1.16 bits per heavy atom. The average Bonchev–Trinajstić information content (AvgIpc) is 2.90. The fraction of sp³-hybridized carbons (Fsp3) is 0.526. The van der Waals surface area contributed by atoms with Gasteiger partial charge in [-0.3, -0.25) is 4.79 Å². The van der Waals surface area contributed by atoms with Crippen LogP contribution in [0.2, 0.25) is 0 Å². The second-order valence-electron chi connectivity index (χ2n) is 7.50. The van der Waals surface area contributed by atoms with Crippen molar-refractivity contribution in [2.75, 3.05) is 6.61 Å². The molecule has 2 aromatic rings.